The maximum absolute atomic E-state index is 12.8. The fourth-order valence-corrected chi connectivity index (χ4v) is 1.29. The van der Waals surface area contributed by atoms with Crippen molar-refractivity contribution in [2.24, 2.45) is 11.5 Å². The predicted molar refractivity (Wildman–Crippen MR) is 51.6 cm³/mol. The molecule has 4 heteroatoms. The Hall–Kier alpha value is -1.00. The smallest absolute Gasteiger partial charge is 0.126 e. The normalized spacial score (nSPS) is 12.9. The van der Waals surface area contributed by atoms with Crippen LogP contribution in [0.5, 0.6) is 0 Å². The zero-order valence-electron chi connectivity index (χ0n) is 7.84. The second-order valence-corrected chi connectivity index (χ2v) is 3.24. The highest BCUT2D eigenvalue weighted by molar-refractivity contribution is 5.20. The Labute approximate surface area is 81.9 Å². The van der Waals surface area contributed by atoms with E-state index in [9.17, 15) is 8.78 Å². The molecule has 0 heterocycles. The molecule has 0 saturated heterocycles. The van der Waals surface area contributed by atoms with Gasteiger partial charge in [0.15, 0.2) is 0 Å². The number of nitrogens with two attached hydrogens (primary N) is 2. The molecule has 0 spiro atoms. The van der Waals surface area contributed by atoms with Crippen molar-refractivity contribution in [3.05, 3.63) is 35.4 Å². The lowest BCUT2D eigenvalue weighted by Gasteiger charge is -2.11. The molecule has 1 aromatic rings. The Morgan fingerprint density at radius 2 is 1.71 bits per heavy atom. The van der Waals surface area contributed by atoms with Gasteiger partial charge in [-0.25, -0.2) is 8.78 Å². The van der Waals surface area contributed by atoms with E-state index in [1.165, 1.54) is 12.1 Å². The maximum atomic E-state index is 12.8. The second kappa shape index (κ2) is 5.02. The van der Waals surface area contributed by atoms with Crippen LogP contribution in [0, 0.1) is 11.6 Å². The third-order valence-electron chi connectivity index (χ3n) is 2.03. The van der Waals surface area contributed by atoms with E-state index >= 15 is 0 Å². The average molecular weight is 200 g/mol. The van der Waals surface area contributed by atoms with Gasteiger partial charge in [0.25, 0.3) is 0 Å². The molecule has 1 atom stereocenters. The Kier molecular flexibility index (Phi) is 3.98. The van der Waals surface area contributed by atoms with Crippen molar-refractivity contribution in [1.82, 2.24) is 0 Å². The molecule has 0 saturated carbocycles. The van der Waals surface area contributed by atoms with E-state index < -0.39 is 11.6 Å². The lowest BCUT2D eigenvalue weighted by atomic mass is 10.0. The summed E-state index contributed by atoms with van der Waals surface area (Å²) < 4.78 is 25.6. The van der Waals surface area contributed by atoms with Crippen LogP contribution in [0.4, 0.5) is 8.78 Å². The molecule has 1 rings (SSSR count). The fourth-order valence-electron chi connectivity index (χ4n) is 1.29. The number of halogens is 2. The van der Waals surface area contributed by atoms with Crippen LogP contribution in [0.25, 0.3) is 0 Å². The average Bonchev–Trinajstić information content (AvgIpc) is 2.12. The van der Waals surface area contributed by atoms with Gasteiger partial charge >= 0.3 is 0 Å². The number of benzene rings is 1. The zero-order chi connectivity index (χ0) is 10.6. The third-order valence-corrected chi connectivity index (χ3v) is 2.03. The Bertz CT molecular complexity index is 282. The van der Waals surface area contributed by atoms with Gasteiger partial charge in [-0.05, 0) is 37.1 Å². The van der Waals surface area contributed by atoms with Crippen LogP contribution in [0.3, 0.4) is 0 Å². The summed E-state index contributed by atoms with van der Waals surface area (Å²) in [6, 6.07) is 3.00. The van der Waals surface area contributed by atoms with E-state index in [0.29, 0.717) is 18.5 Å². The van der Waals surface area contributed by atoms with Crippen LogP contribution in [0.2, 0.25) is 0 Å². The molecule has 0 aromatic heterocycles. The molecule has 0 aliphatic carbocycles. The molecule has 78 valence electrons. The van der Waals surface area contributed by atoms with Crippen molar-refractivity contribution in [3.63, 3.8) is 0 Å². The third kappa shape index (κ3) is 3.05. The van der Waals surface area contributed by atoms with E-state index in [1.54, 1.807) is 0 Å². The molecule has 0 aliphatic rings. The van der Waals surface area contributed by atoms with Gasteiger partial charge in [-0.1, -0.05) is 0 Å². The quantitative estimate of drug-likeness (QED) is 0.777. The minimum absolute atomic E-state index is 0.344. The van der Waals surface area contributed by atoms with Gasteiger partial charge in [-0.3, -0.25) is 0 Å². The Morgan fingerprint density at radius 3 is 2.21 bits per heavy atom. The SMILES string of the molecule is NCCC[C@H](N)c1cc(F)cc(F)c1. The van der Waals surface area contributed by atoms with Crippen molar-refractivity contribution in [2.45, 2.75) is 18.9 Å². The van der Waals surface area contributed by atoms with Gasteiger partial charge in [0.2, 0.25) is 0 Å². The molecule has 0 bridgehead atoms. The zero-order valence-corrected chi connectivity index (χ0v) is 7.84. The monoisotopic (exact) mass is 200 g/mol. The predicted octanol–water partition coefficient (Wildman–Crippen LogP) is 1.70. The molecule has 0 amide bonds. The minimum atomic E-state index is -0.594. The first-order valence-corrected chi connectivity index (χ1v) is 4.55. The van der Waals surface area contributed by atoms with Gasteiger partial charge in [0.1, 0.15) is 11.6 Å². The van der Waals surface area contributed by atoms with E-state index in [-0.39, 0.29) is 6.04 Å². The molecular weight excluding hydrogens is 186 g/mol. The van der Waals surface area contributed by atoms with E-state index in [0.717, 1.165) is 12.5 Å². The van der Waals surface area contributed by atoms with Gasteiger partial charge < -0.3 is 11.5 Å². The van der Waals surface area contributed by atoms with E-state index in [1.807, 2.05) is 0 Å². The van der Waals surface area contributed by atoms with Crippen LogP contribution in [-0.2, 0) is 0 Å². The van der Waals surface area contributed by atoms with Crippen LogP contribution in [0.15, 0.2) is 18.2 Å². The summed E-state index contributed by atoms with van der Waals surface area (Å²) in [6.45, 7) is 0.533. The molecule has 0 unspecified atom stereocenters. The molecule has 0 fully saturated rings. The highest BCUT2D eigenvalue weighted by atomic mass is 19.1. The van der Waals surface area contributed by atoms with Crippen LogP contribution in [-0.4, -0.2) is 6.54 Å². The summed E-state index contributed by atoms with van der Waals surface area (Å²) in [7, 11) is 0. The van der Waals surface area contributed by atoms with Crippen molar-refractivity contribution >= 4 is 0 Å². The topological polar surface area (TPSA) is 52.0 Å². The van der Waals surface area contributed by atoms with Gasteiger partial charge in [0, 0.05) is 12.1 Å². The molecule has 2 nitrogen and oxygen atoms in total. The molecule has 4 N–H and O–H groups in total. The summed E-state index contributed by atoms with van der Waals surface area (Å²) in [4.78, 5) is 0. The van der Waals surface area contributed by atoms with Gasteiger partial charge in [-0.15, -0.1) is 0 Å². The van der Waals surface area contributed by atoms with Crippen molar-refractivity contribution in [1.29, 1.82) is 0 Å². The minimum Gasteiger partial charge on any atom is -0.330 e. The number of hydrogen-bond acceptors (Lipinski definition) is 2. The van der Waals surface area contributed by atoms with E-state index in [2.05, 4.69) is 0 Å². The first kappa shape index (κ1) is 11.1. The summed E-state index contributed by atoms with van der Waals surface area (Å²) >= 11 is 0. The van der Waals surface area contributed by atoms with Crippen LogP contribution < -0.4 is 11.5 Å². The van der Waals surface area contributed by atoms with Crippen molar-refractivity contribution in [3.8, 4) is 0 Å². The second-order valence-electron chi connectivity index (χ2n) is 3.24. The highest BCUT2D eigenvalue weighted by Gasteiger charge is 2.08. The summed E-state index contributed by atoms with van der Waals surface area (Å²) in [5.41, 5.74) is 11.5. The molecule has 1 aromatic carbocycles. The summed E-state index contributed by atoms with van der Waals surface area (Å²) in [5.74, 6) is -1.19. The molecule has 0 aliphatic heterocycles. The van der Waals surface area contributed by atoms with Crippen molar-refractivity contribution < 1.29 is 8.78 Å². The van der Waals surface area contributed by atoms with Gasteiger partial charge in [-0.2, -0.15) is 0 Å². The van der Waals surface area contributed by atoms with Crippen molar-refractivity contribution in [2.75, 3.05) is 6.54 Å². The largest absolute Gasteiger partial charge is 0.330 e. The Balaban J connectivity index is 2.73. The molecule has 0 radical (unpaired) electrons. The lowest BCUT2D eigenvalue weighted by molar-refractivity contribution is 0.562. The first-order chi connectivity index (χ1) is 6.63. The number of hydrogen-bond donors (Lipinski definition) is 2. The summed E-state index contributed by atoms with van der Waals surface area (Å²) in [5, 5.41) is 0. The van der Waals surface area contributed by atoms with Crippen LogP contribution >= 0.6 is 0 Å². The fraction of sp³-hybridized carbons (Fsp3) is 0.400. The lowest BCUT2D eigenvalue weighted by Crippen LogP contribution is -2.13. The first-order valence-electron chi connectivity index (χ1n) is 4.55. The van der Waals surface area contributed by atoms with Gasteiger partial charge in [0.05, 0.1) is 0 Å². The Morgan fingerprint density at radius 1 is 1.14 bits per heavy atom. The van der Waals surface area contributed by atoms with Crippen LogP contribution in [0.1, 0.15) is 24.4 Å². The van der Waals surface area contributed by atoms with E-state index in [4.69, 9.17) is 11.5 Å². The maximum Gasteiger partial charge on any atom is 0.126 e. The standard InChI is InChI=1S/C10H14F2N2/c11-8-4-7(5-9(12)6-8)10(14)2-1-3-13/h4-6,10H,1-3,13-14H2/t10-/m0/s1. The number of rotatable bonds is 4. The summed E-state index contributed by atoms with van der Waals surface area (Å²) in [6.07, 6.45) is 1.39. The molecule has 14 heavy (non-hydrogen) atoms. The highest BCUT2D eigenvalue weighted by Crippen LogP contribution is 2.17. The molecular formula is C10H14F2N2.